The summed E-state index contributed by atoms with van der Waals surface area (Å²) in [5, 5.41) is 8.98. The van der Waals surface area contributed by atoms with Gasteiger partial charge in [-0.2, -0.15) is 5.26 Å². The minimum absolute atomic E-state index is 0.0253. The molecule has 3 nitrogen and oxygen atoms in total. The van der Waals surface area contributed by atoms with Crippen molar-refractivity contribution >= 4 is 5.91 Å². The van der Waals surface area contributed by atoms with Crippen LogP contribution in [0.4, 0.5) is 8.78 Å². The average Bonchev–Trinajstić information content (AvgIpc) is 2.32. The Morgan fingerprint density at radius 3 is 2.39 bits per heavy atom. The Balaban J connectivity index is 3.00. The van der Waals surface area contributed by atoms with Crippen molar-refractivity contribution in [2.24, 2.45) is 5.92 Å². The van der Waals surface area contributed by atoms with Crippen molar-refractivity contribution in [3.05, 3.63) is 35.4 Å². The highest BCUT2D eigenvalue weighted by atomic mass is 19.2. The van der Waals surface area contributed by atoms with Gasteiger partial charge in [-0.3, -0.25) is 4.79 Å². The first-order valence-corrected chi connectivity index (χ1v) is 5.50. The molecule has 1 aromatic carbocycles. The van der Waals surface area contributed by atoms with E-state index in [4.69, 9.17) is 5.26 Å². The predicted molar refractivity (Wildman–Crippen MR) is 62.7 cm³/mol. The van der Waals surface area contributed by atoms with E-state index in [0.29, 0.717) is 0 Å². The van der Waals surface area contributed by atoms with Gasteiger partial charge in [-0.15, -0.1) is 0 Å². The highest BCUT2D eigenvalue weighted by molar-refractivity contribution is 5.94. The number of nitrogens with zero attached hydrogens (tertiary/aromatic N) is 2. The Morgan fingerprint density at radius 2 is 1.94 bits per heavy atom. The van der Waals surface area contributed by atoms with E-state index in [0.717, 1.165) is 12.1 Å². The maximum absolute atomic E-state index is 13.0. The van der Waals surface area contributed by atoms with Crippen LogP contribution < -0.4 is 0 Å². The topological polar surface area (TPSA) is 44.1 Å². The van der Waals surface area contributed by atoms with E-state index in [-0.39, 0.29) is 11.5 Å². The van der Waals surface area contributed by atoms with Crippen molar-refractivity contribution in [3.8, 4) is 6.07 Å². The van der Waals surface area contributed by atoms with Gasteiger partial charge in [0.1, 0.15) is 6.04 Å². The van der Waals surface area contributed by atoms with Crippen LogP contribution in [0.25, 0.3) is 0 Å². The van der Waals surface area contributed by atoms with Crippen LogP contribution in [0.15, 0.2) is 18.2 Å². The van der Waals surface area contributed by atoms with Crippen LogP contribution in [-0.2, 0) is 0 Å². The molecule has 0 N–H and O–H groups in total. The third-order valence-electron chi connectivity index (χ3n) is 2.67. The lowest BCUT2D eigenvalue weighted by Gasteiger charge is -2.25. The van der Waals surface area contributed by atoms with Crippen LogP contribution in [0.3, 0.4) is 0 Å². The van der Waals surface area contributed by atoms with Crippen LogP contribution in [0.5, 0.6) is 0 Å². The number of carbonyl (C=O) groups is 1. The maximum atomic E-state index is 13.0. The number of carbonyl (C=O) groups excluding carboxylic acids is 1. The number of halogens is 2. The molecule has 0 radical (unpaired) electrons. The number of hydrogen-bond acceptors (Lipinski definition) is 2. The lowest BCUT2D eigenvalue weighted by Crippen LogP contribution is -2.39. The largest absolute Gasteiger partial charge is 0.325 e. The summed E-state index contributed by atoms with van der Waals surface area (Å²) in [4.78, 5) is 13.2. The van der Waals surface area contributed by atoms with Crippen molar-refractivity contribution < 1.29 is 13.6 Å². The molecule has 96 valence electrons. The molecular formula is C13H14F2N2O. The molecule has 0 aliphatic rings. The lowest BCUT2D eigenvalue weighted by atomic mass is 10.0. The Labute approximate surface area is 105 Å². The third kappa shape index (κ3) is 2.83. The van der Waals surface area contributed by atoms with Crippen LogP contribution in [-0.4, -0.2) is 23.9 Å². The second-order valence-electron chi connectivity index (χ2n) is 4.36. The number of hydrogen-bond donors (Lipinski definition) is 0. The van der Waals surface area contributed by atoms with E-state index in [1.165, 1.54) is 18.0 Å². The van der Waals surface area contributed by atoms with Crippen molar-refractivity contribution in [1.29, 1.82) is 5.26 Å². The molecule has 1 aromatic rings. The van der Waals surface area contributed by atoms with Gasteiger partial charge in [0.25, 0.3) is 5.91 Å². The van der Waals surface area contributed by atoms with E-state index < -0.39 is 23.6 Å². The first kappa shape index (κ1) is 14.1. The predicted octanol–water partition coefficient (Wildman–Crippen LogP) is 2.58. The first-order chi connectivity index (χ1) is 8.38. The second-order valence-corrected chi connectivity index (χ2v) is 4.36. The van der Waals surface area contributed by atoms with E-state index in [1.807, 2.05) is 19.9 Å². The standard InChI is InChI=1S/C13H14F2N2O/c1-8(2)12(7-16)17(3)13(18)9-4-5-10(14)11(15)6-9/h4-6,8,12H,1-3H3. The summed E-state index contributed by atoms with van der Waals surface area (Å²) in [6.45, 7) is 3.62. The Morgan fingerprint density at radius 1 is 1.33 bits per heavy atom. The van der Waals surface area contributed by atoms with Crippen molar-refractivity contribution in [3.63, 3.8) is 0 Å². The van der Waals surface area contributed by atoms with Crippen LogP contribution >= 0.6 is 0 Å². The van der Waals surface area contributed by atoms with E-state index >= 15 is 0 Å². The van der Waals surface area contributed by atoms with E-state index in [9.17, 15) is 13.6 Å². The Kier molecular flexibility index (Phi) is 4.38. The average molecular weight is 252 g/mol. The number of nitriles is 1. The Bertz CT molecular complexity index is 494. The van der Waals surface area contributed by atoms with Crippen LogP contribution in [0, 0.1) is 28.9 Å². The summed E-state index contributed by atoms with van der Waals surface area (Å²) in [5.41, 5.74) is 0.0253. The normalized spacial score (nSPS) is 12.1. The van der Waals surface area contributed by atoms with Gasteiger partial charge in [-0.1, -0.05) is 13.8 Å². The first-order valence-electron chi connectivity index (χ1n) is 5.50. The molecule has 0 spiro atoms. The molecule has 0 aliphatic heterocycles. The zero-order chi connectivity index (χ0) is 13.9. The van der Waals surface area contributed by atoms with E-state index in [2.05, 4.69) is 0 Å². The molecule has 0 aliphatic carbocycles. The summed E-state index contributed by atoms with van der Waals surface area (Å²) in [7, 11) is 1.47. The van der Waals surface area contributed by atoms with Gasteiger partial charge in [0.05, 0.1) is 6.07 Å². The molecule has 0 bridgehead atoms. The fourth-order valence-corrected chi connectivity index (χ4v) is 1.64. The van der Waals surface area contributed by atoms with Crippen molar-refractivity contribution in [2.45, 2.75) is 19.9 Å². The molecule has 0 heterocycles. The summed E-state index contributed by atoms with van der Waals surface area (Å²) in [6, 6.07) is 4.34. The monoisotopic (exact) mass is 252 g/mol. The number of amides is 1. The zero-order valence-corrected chi connectivity index (χ0v) is 10.4. The smallest absolute Gasteiger partial charge is 0.254 e. The fourth-order valence-electron chi connectivity index (χ4n) is 1.64. The van der Waals surface area contributed by atoms with Gasteiger partial charge >= 0.3 is 0 Å². The SMILES string of the molecule is CC(C)C(C#N)N(C)C(=O)c1ccc(F)c(F)c1. The summed E-state index contributed by atoms with van der Waals surface area (Å²) in [6.07, 6.45) is 0. The summed E-state index contributed by atoms with van der Waals surface area (Å²) < 4.78 is 25.8. The minimum atomic E-state index is -1.08. The van der Waals surface area contributed by atoms with Gasteiger partial charge < -0.3 is 4.90 Å². The molecule has 5 heteroatoms. The molecule has 0 saturated heterocycles. The van der Waals surface area contributed by atoms with E-state index in [1.54, 1.807) is 0 Å². The minimum Gasteiger partial charge on any atom is -0.325 e. The maximum Gasteiger partial charge on any atom is 0.254 e. The lowest BCUT2D eigenvalue weighted by molar-refractivity contribution is 0.0735. The Hall–Kier alpha value is -1.96. The molecule has 0 saturated carbocycles. The van der Waals surface area contributed by atoms with Crippen molar-refractivity contribution in [1.82, 2.24) is 4.90 Å². The van der Waals surface area contributed by atoms with Gasteiger partial charge in [0, 0.05) is 12.6 Å². The van der Waals surface area contributed by atoms with Gasteiger partial charge in [0.2, 0.25) is 0 Å². The molecule has 0 aromatic heterocycles. The number of benzene rings is 1. The molecular weight excluding hydrogens is 238 g/mol. The van der Waals surface area contributed by atoms with Crippen LogP contribution in [0.2, 0.25) is 0 Å². The van der Waals surface area contributed by atoms with Gasteiger partial charge in [0.15, 0.2) is 11.6 Å². The molecule has 1 amide bonds. The van der Waals surface area contributed by atoms with Crippen molar-refractivity contribution in [2.75, 3.05) is 7.05 Å². The highest BCUT2D eigenvalue weighted by Crippen LogP contribution is 2.14. The van der Waals surface area contributed by atoms with Gasteiger partial charge in [-0.25, -0.2) is 8.78 Å². The third-order valence-corrected chi connectivity index (χ3v) is 2.67. The molecule has 0 fully saturated rings. The molecule has 1 rings (SSSR count). The van der Waals surface area contributed by atoms with Gasteiger partial charge in [-0.05, 0) is 24.1 Å². The zero-order valence-electron chi connectivity index (χ0n) is 10.4. The molecule has 18 heavy (non-hydrogen) atoms. The highest BCUT2D eigenvalue weighted by Gasteiger charge is 2.24. The fraction of sp³-hybridized carbons (Fsp3) is 0.385. The summed E-state index contributed by atoms with van der Waals surface area (Å²) >= 11 is 0. The second kappa shape index (κ2) is 5.58. The van der Waals surface area contributed by atoms with Crippen LogP contribution in [0.1, 0.15) is 24.2 Å². The molecule has 1 unspecified atom stereocenters. The molecule has 1 atom stereocenters. The summed E-state index contributed by atoms with van der Waals surface area (Å²) in [5.74, 6) is -2.63. The number of rotatable bonds is 3. The quantitative estimate of drug-likeness (QED) is 0.829.